The van der Waals surface area contributed by atoms with E-state index in [1.807, 2.05) is 31.2 Å². The van der Waals surface area contributed by atoms with Gasteiger partial charge in [-0.15, -0.1) is 0 Å². The van der Waals surface area contributed by atoms with Crippen LogP contribution in [0, 0.1) is 0 Å². The number of halogens is 1. The molecule has 1 fully saturated rings. The summed E-state index contributed by atoms with van der Waals surface area (Å²) in [6.45, 7) is 3.92. The van der Waals surface area contributed by atoms with Gasteiger partial charge in [0.1, 0.15) is 12.7 Å². The number of hydrogen-bond acceptors (Lipinski definition) is 4. The van der Waals surface area contributed by atoms with Gasteiger partial charge in [-0.3, -0.25) is 4.79 Å². The molecule has 1 aliphatic rings. The Kier molecular flexibility index (Phi) is 6.18. The predicted molar refractivity (Wildman–Crippen MR) is 117 cm³/mol. The number of carbonyl (C=O) groups is 2. The Morgan fingerprint density at radius 1 is 0.968 bits per heavy atom. The van der Waals surface area contributed by atoms with E-state index in [0.29, 0.717) is 36.8 Å². The third-order valence-corrected chi connectivity index (χ3v) is 5.61. The van der Waals surface area contributed by atoms with E-state index in [9.17, 15) is 9.59 Å². The molecule has 1 unspecified atom stereocenters. The third-order valence-electron chi connectivity index (χ3n) is 5.36. The maximum atomic E-state index is 12.7. The van der Waals surface area contributed by atoms with E-state index in [0.717, 1.165) is 11.3 Å². The molecule has 2 heterocycles. The highest BCUT2D eigenvalue weighted by atomic mass is 35.5. The van der Waals surface area contributed by atoms with E-state index in [4.69, 9.17) is 11.6 Å². The number of piperazine rings is 1. The van der Waals surface area contributed by atoms with Crippen LogP contribution in [0.1, 0.15) is 28.9 Å². The fraction of sp³-hybridized carbons (Fsp3) is 0.273. The van der Waals surface area contributed by atoms with Crippen molar-refractivity contribution in [3.8, 4) is 5.69 Å². The largest absolute Gasteiger partial charge is 0.335 e. The summed E-state index contributed by atoms with van der Waals surface area (Å²) in [5.41, 5.74) is 2.50. The lowest BCUT2D eigenvalue weighted by molar-refractivity contribution is 0.0663. The molecule has 0 bridgehead atoms. The average Bonchev–Trinajstić information content (AvgIpc) is 3.34. The molecule has 1 aromatic heterocycles. The van der Waals surface area contributed by atoms with Crippen molar-refractivity contribution < 1.29 is 9.59 Å². The molecule has 1 aliphatic heterocycles. The van der Waals surface area contributed by atoms with E-state index in [2.05, 4.69) is 15.4 Å². The van der Waals surface area contributed by atoms with Crippen molar-refractivity contribution in [2.75, 3.05) is 26.2 Å². The summed E-state index contributed by atoms with van der Waals surface area (Å²) < 4.78 is 1.68. The Labute approximate surface area is 185 Å². The number of nitrogens with zero attached hydrogens (tertiary/aromatic N) is 5. The Morgan fingerprint density at radius 3 is 2.23 bits per heavy atom. The topological polar surface area (TPSA) is 83.4 Å². The van der Waals surface area contributed by atoms with E-state index in [1.54, 1.807) is 45.1 Å². The zero-order valence-electron chi connectivity index (χ0n) is 17.1. The van der Waals surface area contributed by atoms with Gasteiger partial charge < -0.3 is 15.1 Å². The molecule has 1 atom stereocenters. The number of amides is 3. The lowest BCUT2D eigenvalue weighted by atomic mass is 10.1. The van der Waals surface area contributed by atoms with E-state index in [1.165, 1.54) is 6.33 Å². The SMILES string of the molecule is CC(NC(=O)N1CCN(C(=O)c2ccc(Cl)cc2)CC1)c1ccc(-n2cncn2)cc1. The van der Waals surface area contributed by atoms with Crippen molar-refractivity contribution in [3.63, 3.8) is 0 Å². The normalized spacial score (nSPS) is 14.9. The van der Waals surface area contributed by atoms with Gasteiger partial charge in [0.25, 0.3) is 5.91 Å². The minimum atomic E-state index is -0.147. The van der Waals surface area contributed by atoms with Crippen LogP contribution in [-0.2, 0) is 0 Å². The molecule has 8 nitrogen and oxygen atoms in total. The van der Waals surface area contributed by atoms with Gasteiger partial charge in [0, 0.05) is 36.8 Å². The molecular weight excluding hydrogens is 416 g/mol. The van der Waals surface area contributed by atoms with Crippen LogP contribution >= 0.6 is 11.6 Å². The fourth-order valence-electron chi connectivity index (χ4n) is 3.50. The second kappa shape index (κ2) is 9.18. The Bertz CT molecular complexity index is 1030. The van der Waals surface area contributed by atoms with Crippen LogP contribution < -0.4 is 5.32 Å². The summed E-state index contributed by atoms with van der Waals surface area (Å²) in [5.74, 6) is -0.0439. The molecule has 2 aromatic carbocycles. The summed E-state index contributed by atoms with van der Waals surface area (Å²) in [6.07, 6.45) is 3.12. The molecule has 3 amide bonds. The minimum absolute atomic E-state index is 0.0439. The predicted octanol–water partition coefficient (Wildman–Crippen LogP) is 3.15. The molecule has 1 N–H and O–H groups in total. The van der Waals surface area contributed by atoms with E-state index < -0.39 is 0 Å². The summed E-state index contributed by atoms with van der Waals surface area (Å²) in [4.78, 5) is 32.8. The van der Waals surface area contributed by atoms with Crippen molar-refractivity contribution in [2.24, 2.45) is 0 Å². The standard InChI is InChI=1S/C22H23ClN6O2/c1-16(17-4-8-20(9-5-17)29-15-24-14-25-29)26-22(31)28-12-10-27(11-13-28)21(30)18-2-6-19(23)7-3-18/h2-9,14-16H,10-13H2,1H3,(H,26,31). The first-order valence-corrected chi connectivity index (χ1v) is 10.4. The third kappa shape index (κ3) is 4.86. The van der Waals surface area contributed by atoms with Crippen molar-refractivity contribution in [3.05, 3.63) is 77.3 Å². The van der Waals surface area contributed by atoms with Gasteiger partial charge in [0.2, 0.25) is 0 Å². The molecule has 0 spiro atoms. The molecule has 1 saturated heterocycles. The minimum Gasteiger partial charge on any atom is -0.335 e. The number of aromatic nitrogens is 3. The maximum Gasteiger partial charge on any atom is 0.317 e. The number of hydrogen-bond donors (Lipinski definition) is 1. The highest BCUT2D eigenvalue weighted by Gasteiger charge is 2.25. The van der Waals surface area contributed by atoms with Gasteiger partial charge in [-0.05, 0) is 48.9 Å². The smallest absolute Gasteiger partial charge is 0.317 e. The van der Waals surface area contributed by atoms with Crippen molar-refractivity contribution >= 4 is 23.5 Å². The first-order chi connectivity index (χ1) is 15.0. The number of benzene rings is 2. The Hall–Kier alpha value is -3.39. The molecule has 160 valence electrons. The van der Waals surface area contributed by atoms with Gasteiger partial charge in [-0.25, -0.2) is 14.5 Å². The number of rotatable bonds is 4. The summed E-state index contributed by atoms with van der Waals surface area (Å²) in [6, 6.07) is 14.4. The van der Waals surface area contributed by atoms with Crippen molar-refractivity contribution in [2.45, 2.75) is 13.0 Å². The van der Waals surface area contributed by atoms with Crippen LogP contribution in [0.3, 0.4) is 0 Å². The first kappa shape index (κ1) is 20.9. The molecular formula is C22H23ClN6O2. The van der Waals surface area contributed by atoms with Gasteiger partial charge in [0.15, 0.2) is 0 Å². The molecule has 31 heavy (non-hydrogen) atoms. The van der Waals surface area contributed by atoms with Crippen LogP contribution in [-0.4, -0.2) is 62.7 Å². The quantitative estimate of drug-likeness (QED) is 0.678. The van der Waals surface area contributed by atoms with Crippen LogP contribution in [0.2, 0.25) is 5.02 Å². The average molecular weight is 439 g/mol. The van der Waals surface area contributed by atoms with E-state index in [-0.39, 0.29) is 18.0 Å². The van der Waals surface area contributed by atoms with Crippen molar-refractivity contribution in [1.82, 2.24) is 29.9 Å². The van der Waals surface area contributed by atoms with Crippen LogP contribution in [0.5, 0.6) is 0 Å². The number of urea groups is 1. The summed E-state index contributed by atoms with van der Waals surface area (Å²) in [5, 5.41) is 7.74. The summed E-state index contributed by atoms with van der Waals surface area (Å²) >= 11 is 5.89. The highest BCUT2D eigenvalue weighted by molar-refractivity contribution is 6.30. The fourth-order valence-corrected chi connectivity index (χ4v) is 3.63. The zero-order chi connectivity index (χ0) is 21.8. The van der Waals surface area contributed by atoms with Crippen LogP contribution in [0.25, 0.3) is 5.69 Å². The molecule has 0 radical (unpaired) electrons. The van der Waals surface area contributed by atoms with Gasteiger partial charge in [-0.1, -0.05) is 23.7 Å². The second-order valence-corrected chi connectivity index (χ2v) is 7.83. The maximum absolute atomic E-state index is 12.7. The first-order valence-electron chi connectivity index (χ1n) is 10.1. The Morgan fingerprint density at radius 2 is 1.61 bits per heavy atom. The zero-order valence-corrected chi connectivity index (χ0v) is 17.9. The van der Waals surface area contributed by atoms with Gasteiger partial charge >= 0.3 is 6.03 Å². The van der Waals surface area contributed by atoms with Crippen molar-refractivity contribution in [1.29, 1.82) is 0 Å². The molecule has 9 heteroatoms. The van der Waals surface area contributed by atoms with Gasteiger partial charge in [0.05, 0.1) is 11.7 Å². The van der Waals surface area contributed by atoms with Gasteiger partial charge in [-0.2, -0.15) is 5.10 Å². The molecule has 4 rings (SSSR count). The highest BCUT2D eigenvalue weighted by Crippen LogP contribution is 2.17. The van der Waals surface area contributed by atoms with Crippen LogP contribution in [0.15, 0.2) is 61.2 Å². The summed E-state index contributed by atoms with van der Waals surface area (Å²) in [7, 11) is 0. The lowest BCUT2D eigenvalue weighted by Crippen LogP contribution is -2.53. The van der Waals surface area contributed by atoms with Crippen LogP contribution in [0.4, 0.5) is 4.79 Å². The molecule has 0 saturated carbocycles. The second-order valence-electron chi connectivity index (χ2n) is 7.39. The molecule has 0 aliphatic carbocycles. The van der Waals surface area contributed by atoms with E-state index >= 15 is 0 Å². The molecule has 3 aromatic rings. The Balaban J connectivity index is 1.29. The monoisotopic (exact) mass is 438 g/mol. The lowest BCUT2D eigenvalue weighted by Gasteiger charge is -2.35. The number of nitrogens with one attached hydrogen (secondary N) is 1. The number of carbonyl (C=O) groups excluding carboxylic acids is 2.